The van der Waals surface area contributed by atoms with Crippen LogP contribution in [0.5, 0.6) is 0 Å². The van der Waals surface area contributed by atoms with Crippen LogP contribution in [0.4, 0.5) is 0 Å². The van der Waals surface area contributed by atoms with Crippen LogP contribution in [-0.4, -0.2) is 5.11 Å². The van der Waals surface area contributed by atoms with Crippen molar-refractivity contribution in [3.8, 4) is 0 Å². The number of fused-ring (bicyclic) bond motifs is 2. The average Bonchev–Trinajstić information content (AvgIpc) is 2.37. The van der Waals surface area contributed by atoms with Gasteiger partial charge in [0.2, 0.25) is 0 Å². The maximum atomic E-state index is 12.5. The third kappa shape index (κ3) is 2.05. The molecule has 0 amide bonds. The van der Waals surface area contributed by atoms with Crippen LogP contribution in [0.2, 0.25) is 0 Å². The van der Waals surface area contributed by atoms with Crippen LogP contribution in [0.15, 0.2) is 47.3 Å². The van der Waals surface area contributed by atoms with Gasteiger partial charge in [-0.2, -0.15) is 0 Å². The number of rotatable bonds is 1. The largest absolute Gasteiger partial charge is 0.386 e. The summed E-state index contributed by atoms with van der Waals surface area (Å²) in [6.45, 7) is 3.45. The molecule has 0 unspecified atom stereocenters. The normalized spacial score (nSPS) is 12.2. The van der Waals surface area contributed by atoms with Gasteiger partial charge in [0, 0.05) is 20.2 Å². The molecule has 0 aliphatic carbocycles. The Morgan fingerprint density at radius 2 is 1.68 bits per heavy atom. The van der Waals surface area contributed by atoms with Gasteiger partial charge in [-0.25, -0.2) is 0 Å². The van der Waals surface area contributed by atoms with E-state index in [4.69, 9.17) is 0 Å². The molecule has 96 valence electrons. The molecule has 0 saturated carbocycles. The summed E-state index contributed by atoms with van der Waals surface area (Å²) in [5, 5.41) is 11.5. The molecule has 0 saturated heterocycles. The highest BCUT2D eigenvalue weighted by atomic mass is 32.1. The Morgan fingerprint density at radius 3 is 2.42 bits per heavy atom. The molecule has 1 N–H and O–H groups in total. The van der Waals surface area contributed by atoms with E-state index in [1.54, 1.807) is 31.3 Å². The highest BCUT2D eigenvalue weighted by Gasteiger charge is 2.17. The number of hydrogen-bond acceptors (Lipinski definition) is 3. The Hall–Kier alpha value is -1.71. The quantitative estimate of drug-likeness (QED) is 0.685. The first-order valence-corrected chi connectivity index (χ1v) is 6.97. The minimum absolute atomic E-state index is 0.0375. The summed E-state index contributed by atoms with van der Waals surface area (Å²) >= 11 is 1.60. The van der Waals surface area contributed by atoms with Crippen molar-refractivity contribution in [3.63, 3.8) is 0 Å². The standard InChI is InChI=1S/C16H14O2S/c1-16(2,18)10-7-8-14-12(9-10)15(17)11-5-3-4-6-13(11)19-14/h3-9,18H,1-2H3. The minimum atomic E-state index is -0.934. The van der Waals surface area contributed by atoms with Gasteiger partial charge in [0.05, 0.1) is 5.60 Å². The van der Waals surface area contributed by atoms with E-state index in [1.807, 2.05) is 36.4 Å². The molecule has 1 aromatic heterocycles. The van der Waals surface area contributed by atoms with Crippen LogP contribution >= 0.6 is 11.3 Å². The molecule has 0 fully saturated rings. The number of benzene rings is 2. The summed E-state index contributed by atoms with van der Waals surface area (Å²) in [7, 11) is 0. The summed E-state index contributed by atoms with van der Waals surface area (Å²) < 4.78 is 1.95. The van der Waals surface area contributed by atoms with Crippen LogP contribution in [0, 0.1) is 0 Å². The van der Waals surface area contributed by atoms with Gasteiger partial charge in [-0.15, -0.1) is 11.3 Å². The molecule has 3 rings (SSSR count). The van der Waals surface area contributed by atoms with Crippen LogP contribution < -0.4 is 5.43 Å². The molecule has 0 aliphatic heterocycles. The summed E-state index contributed by atoms with van der Waals surface area (Å²) in [4.78, 5) is 12.5. The van der Waals surface area contributed by atoms with Crippen LogP contribution in [0.25, 0.3) is 20.2 Å². The highest BCUT2D eigenvalue weighted by Crippen LogP contribution is 2.28. The number of aliphatic hydroxyl groups is 1. The van der Waals surface area contributed by atoms with E-state index in [0.29, 0.717) is 5.39 Å². The molecule has 0 aliphatic rings. The zero-order chi connectivity index (χ0) is 13.6. The Labute approximate surface area is 114 Å². The van der Waals surface area contributed by atoms with Crippen LogP contribution in [0.1, 0.15) is 19.4 Å². The molecule has 0 spiro atoms. The average molecular weight is 270 g/mol. The molecule has 3 aromatic rings. The van der Waals surface area contributed by atoms with Gasteiger partial charge in [-0.05, 0) is 43.7 Å². The van der Waals surface area contributed by atoms with Crippen molar-refractivity contribution < 1.29 is 5.11 Å². The third-order valence-electron chi connectivity index (χ3n) is 3.28. The fraction of sp³-hybridized carbons (Fsp3) is 0.188. The van der Waals surface area contributed by atoms with E-state index in [1.165, 1.54) is 0 Å². The van der Waals surface area contributed by atoms with Gasteiger partial charge in [-0.1, -0.05) is 18.2 Å². The molecule has 3 heteroatoms. The van der Waals surface area contributed by atoms with Gasteiger partial charge in [0.15, 0.2) is 5.43 Å². The fourth-order valence-electron chi connectivity index (χ4n) is 2.18. The van der Waals surface area contributed by atoms with E-state index < -0.39 is 5.60 Å². The summed E-state index contributed by atoms with van der Waals surface area (Å²) in [6, 6.07) is 13.2. The van der Waals surface area contributed by atoms with Gasteiger partial charge in [0.1, 0.15) is 0 Å². The van der Waals surface area contributed by atoms with Crippen molar-refractivity contribution in [2.24, 2.45) is 0 Å². The Kier molecular flexibility index (Phi) is 2.69. The smallest absolute Gasteiger partial charge is 0.195 e. The lowest BCUT2D eigenvalue weighted by molar-refractivity contribution is 0.0787. The van der Waals surface area contributed by atoms with Gasteiger partial charge < -0.3 is 5.11 Å². The first-order chi connectivity index (χ1) is 8.97. The second-order valence-corrected chi connectivity index (χ2v) is 6.28. The van der Waals surface area contributed by atoms with Crippen molar-refractivity contribution >= 4 is 31.5 Å². The molecular formula is C16H14O2S. The molecule has 1 heterocycles. The van der Waals surface area contributed by atoms with Crippen molar-refractivity contribution in [3.05, 3.63) is 58.3 Å². The lowest BCUT2D eigenvalue weighted by Gasteiger charge is -2.18. The second-order valence-electron chi connectivity index (χ2n) is 5.20. The topological polar surface area (TPSA) is 37.3 Å². The van der Waals surface area contributed by atoms with Crippen LogP contribution in [0.3, 0.4) is 0 Å². The number of hydrogen-bond donors (Lipinski definition) is 1. The van der Waals surface area contributed by atoms with Crippen LogP contribution in [-0.2, 0) is 5.60 Å². The zero-order valence-electron chi connectivity index (χ0n) is 10.8. The van der Waals surface area contributed by atoms with Gasteiger partial charge in [-0.3, -0.25) is 4.79 Å². The zero-order valence-corrected chi connectivity index (χ0v) is 11.6. The monoisotopic (exact) mass is 270 g/mol. The maximum absolute atomic E-state index is 12.5. The Balaban J connectivity index is 2.43. The predicted octanol–water partition coefficient (Wildman–Crippen LogP) is 3.64. The van der Waals surface area contributed by atoms with E-state index >= 15 is 0 Å². The molecule has 2 aromatic carbocycles. The SMILES string of the molecule is CC(C)(O)c1ccc2sc3ccccc3c(=O)c2c1. The van der Waals surface area contributed by atoms with Crippen molar-refractivity contribution in [2.75, 3.05) is 0 Å². The van der Waals surface area contributed by atoms with Gasteiger partial charge in [0.25, 0.3) is 0 Å². The highest BCUT2D eigenvalue weighted by molar-refractivity contribution is 7.24. The van der Waals surface area contributed by atoms with Crippen molar-refractivity contribution in [2.45, 2.75) is 19.4 Å². The minimum Gasteiger partial charge on any atom is -0.386 e. The molecule has 0 bridgehead atoms. The first kappa shape index (κ1) is 12.3. The lowest BCUT2D eigenvalue weighted by atomic mass is 9.97. The van der Waals surface area contributed by atoms with E-state index in [2.05, 4.69) is 0 Å². The third-order valence-corrected chi connectivity index (χ3v) is 4.43. The van der Waals surface area contributed by atoms with E-state index in [0.717, 1.165) is 20.3 Å². The van der Waals surface area contributed by atoms with Gasteiger partial charge >= 0.3 is 0 Å². The van der Waals surface area contributed by atoms with Crippen molar-refractivity contribution in [1.29, 1.82) is 0 Å². The molecule has 0 radical (unpaired) electrons. The fourth-order valence-corrected chi connectivity index (χ4v) is 3.24. The molecule has 0 atom stereocenters. The predicted molar refractivity (Wildman–Crippen MR) is 80.8 cm³/mol. The molecule has 19 heavy (non-hydrogen) atoms. The Bertz CT molecular complexity index is 825. The second kappa shape index (κ2) is 4.15. The Morgan fingerprint density at radius 1 is 1.00 bits per heavy atom. The van der Waals surface area contributed by atoms with E-state index in [-0.39, 0.29) is 5.43 Å². The molecular weight excluding hydrogens is 256 g/mol. The summed E-state index contributed by atoms with van der Waals surface area (Å²) in [5.74, 6) is 0. The van der Waals surface area contributed by atoms with Crippen molar-refractivity contribution in [1.82, 2.24) is 0 Å². The molecule has 2 nitrogen and oxygen atoms in total. The summed E-state index contributed by atoms with van der Waals surface area (Å²) in [5.41, 5.74) is -0.133. The maximum Gasteiger partial charge on any atom is 0.195 e. The summed E-state index contributed by atoms with van der Waals surface area (Å²) in [6.07, 6.45) is 0. The first-order valence-electron chi connectivity index (χ1n) is 6.15. The van der Waals surface area contributed by atoms with E-state index in [9.17, 15) is 9.90 Å². The lowest BCUT2D eigenvalue weighted by Crippen LogP contribution is -2.15.